The summed E-state index contributed by atoms with van der Waals surface area (Å²) in [6.07, 6.45) is 7.20. The Morgan fingerprint density at radius 1 is 1.00 bits per heavy atom. The van der Waals surface area contributed by atoms with Gasteiger partial charge in [0.05, 0.1) is 29.7 Å². The molecule has 2 N–H and O–H groups in total. The number of ether oxygens (including phenoxy) is 2. The predicted octanol–water partition coefficient (Wildman–Crippen LogP) is 4.74. The fourth-order valence-electron chi connectivity index (χ4n) is 4.36. The molecule has 2 aromatic carbocycles. The van der Waals surface area contributed by atoms with Crippen LogP contribution in [0, 0.1) is 6.92 Å². The molecule has 0 unspecified atom stereocenters. The van der Waals surface area contributed by atoms with Crippen molar-refractivity contribution in [2.24, 2.45) is 7.05 Å². The van der Waals surface area contributed by atoms with Crippen molar-refractivity contribution < 1.29 is 9.47 Å². The van der Waals surface area contributed by atoms with Gasteiger partial charge in [0.2, 0.25) is 5.95 Å². The standard InChI is InChI=1S/C26H26N8O2/c1-15-8-16(4-7-23(15)36-18-5-6-22-20(11-18)30-14-34(22)2)31-25-24-21(28-13-29-25)12-27-26(33-24)32-17-9-19(10-17)35-3/h4-8,11-14,17,19H,9-10H2,1-3H3,(H,27,32,33)(H,28,29,31). The molecule has 1 saturated carbocycles. The zero-order chi connectivity index (χ0) is 24.6. The molecule has 1 aliphatic rings. The first-order valence-corrected chi connectivity index (χ1v) is 11.8. The van der Waals surface area contributed by atoms with Crippen molar-refractivity contribution in [1.82, 2.24) is 29.5 Å². The van der Waals surface area contributed by atoms with Gasteiger partial charge in [-0.25, -0.2) is 24.9 Å². The normalized spacial score (nSPS) is 17.2. The highest BCUT2D eigenvalue weighted by Crippen LogP contribution is 2.31. The van der Waals surface area contributed by atoms with E-state index in [1.54, 1.807) is 19.6 Å². The van der Waals surface area contributed by atoms with E-state index in [1.165, 1.54) is 6.33 Å². The minimum Gasteiger partial charge on any atom is -0.457 e. The summed E-state index contributed by atoms with van der Waals surface area (Å²) in [6, 6.07) is 12.1. The number of aryl methyl sites for hydroxylation is 2. The third-order valence-corrected chi connectivity index (χ3v) is 6.50. The molecule has 3 heterocycles. The number of anilines is 3. The van der Waals surface area contributed by atoms with Crippen molar-refractivity contribution in [3.05, 3.63) is 60.8 Å². The number of aromatic nitrogens is 6. The Bertz CT molecular complexity index is 1560. The zero-order valence-electron chi connectivity index (χ0n) is 20.3. The van der Waals surface area contributed by atoms with Crippen LogP contribution in [0.15, 0.2) is 55.2 Å². The maximum absolute atomic E-state index is 6.15. The molecule has 1 fully saturated rings. The topological polar surface area (TPSA) is 112 Å². The van der Waals surface area contributed by atoms with Gasteiger partial charge in [0.15, 0.2) is 5.82 Å². The number of methoxy groups -OCH3 is 1. The first-order valence-electron chi connectivity index (χ1n) is 11.8. The van der Waals surface area contributed by atoms with Crippen molar-refractivity contribution in [2.45, 2.75) is 31.9 Å². The summed E-state index contributed by atoms with van der Waals surface area (Å²) in [6.45, 7) is 2.01. The summed E-state index contributed by atoms with van der Waals surface area (Å²) in [5.74, 6) is 2.69. The fourth-order valence-corrected chi connectivity index (χ4v) is 4.36. The lowest BCUT2D eigenvalue weighted by atomic mass is 9.89. The average molecular weight is 483 g/mol. The maximum atomic E-state index is 6.15. The Labute approximate surface area is 207 Å². The van der Waals surface area contributed by atoms with Crippen LogP contribution < -0.4 is 15.4 Å². The predicted molar refractivity (Wildman–Crippen MR) is 138 cm³/mol. The lowest BCUT2D eigenvalue weighted by molar-refractivity contribution is 0.0327. The summed E-state index contributed by atoms with van der Waals surface area (Å²) >= 11 is 0. The molecule has 5 aromatic rings. The Morgan fingerprint density at radius 3 is 2.72 bits per heavy atom. The van der Waals surface area contributed by atoms with E-state index in [0.717, 1.165) is 46.6 Å². The second-order valence-electron chi connectivity index (χ2n) is 9.03. The number of fused-ring (bicyclic) bond motifs is 2. The average Bonchev–Trinajstić information content (AvgIpc) is 3.23. The van der Waals surface area contributed by atoms with Crippen LogP contribution in [0.25, 0.3) is 22.1 Å². The number of rotatable bonds is 7. The minimum absolute atomic E-state index is 0.302. The summed E-state index contributed by atoms with van der Waals surface area (Å²) in [5, 5.41) is 6.74. The second-order valence-corrected chi connectivity index (χ2v) is 9.03. The highest BCUT2D eigenvalue weighted by molar-refractivity contribution is 5.87. The van der Waals surface area contributed by atoms with Crippen molar-refractivity contribution >= 4 is 39.5 Å². The molecule has 10 heteroatoms. The molecule has 3 aromatic heterocycles. The molecular weight excluding hydrogens is 456 g/mol. The molecule has 0 amide bonds. The number of nitrogens with zero attached hydrogens (tertiary/aromatic N) is 6. The van der Waals surface area contributed by atoms with Crippen molar-refractivity contribution in [1.29, 1.82) is 0 Å². The third-order valence-electron chi connectivity index (χ3n) is 6.50. The van der Waals surface area contributed by atoms with Crippen LogP contribution in [-0.2, 0) is 11.8 Å². The van der Waals surface area contributed by atoms with Gasteiger partial charge in [0.1, 0.15) is 28.9 Å². The molecule has 0 atom stereocenters. The Balaban J connectivity index is 1.20. The highest BCUT2D eigenvalue weighted by Gasteiger charge is 2.29. The number of hydrogen-bond donors (Lipinski definition) is 2. The minimum atomic E-state index is 0.302. The maximum Gasteiger partial charge on any atom is 0.223 e. The fraction of sp³-hybridized carbons (Fsp3) is 0.269. The lowest BCUT2D eigenvalue weighted by Crippen LogP contribution is -2.40. The first-order chi connectivity index (χ1) is 17.6. The molecule has 0 radical (unpaired) electrons. The first kappa shape index (κ1) is 22.2. The molecule has 36 heavy (non-hydrogen) atoms. The van der Waals surface area contributed by atoms with E-state index in [0.29, 0.717) is 34.9 Å². The molecule has 1 aliphatic carbocycles. The summed E-state index contributed by atoms with van der Waals surface area (Å²) in [7, 11) is 3.71. The van der Waals surface area contributed by atoms with Gasteiger partial charge in [-0.15, -0.1) is 0 Å². The van der Waals surface area contributed by atoms with Crippen LogP contribution in [0.4, 0.5) is 17.5 Å². The lowest BCUT2D eigenvalue weighted by Gasteiger charge is -2.34. The summed E-state index contributed by atoms with van der Waals surface area (Å²) < 4.78 is 13.5. The van der Waals surface area contributed by atoms with Gasteiger partial charge < -0.3 is 24.7 Å². The number of benzene rings is 2. The zero-order valence-corrected chi connectivity index (χ0v) is 20.3. The third kappa shape index (κ3) is 4.27. The van der Waals surface area contributed by atoms with Crippen LogP contribution in [0.2, 0.25) is 0 Å². The van der Waals surface area contributed by atoms with Gasteiger partial charge in [0, 0.05) is 32.0 Å². The monoisotopic (exact) mass is 482 g/mol. The van der Waals surface area contributed by atoms with Crippen LogP contribution in [0.3, 0.4) is 0 Å². The van der Waals surface area contributed by atoms with Gasteiger partial charge in [-0.05, 0) is 55.7 Å². The Morgan fingerprint density at radius 2 is 1.89 bits per heavy atom. The van der Waals surface area contributed by atoms with E-state index in [2.05, 4.69) is 35.6 Å². The summed E-state index contributed by atoms with van der Waals surface area (Å²) in [5.41, 5.74) is 5.13. The highest BCUT2D eigenvalue weighted by atomic mass is 16.5. The smallest absolute Gasteiger partial charge is 0.223 e. The van der Waals surface area contributed by atoms with E-state index in [-0.39, 0.29) is 0 Å². The van der Waals surface area contributed by atoms with Gasteiger partial charge in [-0.2, -0.15) is 0 Å². The molecule has 182 valence electrons. The molecule has 0 spiro atoms. The number of imidazole rings is 1. The SMILES string of the molecule is COC1CC(Nc2ncc3ncnc(Nc4ccc(Oc5ccc6c(c5)ncn6C)c(C)c4)c3n2)C1. The van der Waals surface area contributed by atoms with E-state index in [1.807, 2.05) is 54.9 Å². The van der Waals surface area contributed by atoms with E-state index >= 15 is 0 Å². The largest absolute Gasteiger partial charge is 0.457 e. The molecule has 6 rings (SSSR count). The Kier molecular flexibility index (Phi) is 5.57. The van der Waals surface area contributed by atoms with Gasteiger partial charge >= 0.3 is 0 Å². The van der Waals surface area contributed by atoms with Gasteiger partial charge in [-0.3, -0.25) is 0 Å². The molecule has 0 bridgehead atoms. The molecule has 0 saturated heterocycles. The Hall–Kier alpha value is -4.31. The number of nitrogens with one attached hydrogen (secondary N) is 2. The van der Waals surface area contributed by atoms with Crippen LogP contribution in [0.1, 0.15) is 18.4 Å². The molecule has 10 nitrogen and oxygen atoms in total. The number of hydrogen-bond acceptors (Lipinski definition) is 9. The van der Waals surface area contributed by atoms with Crippen LogP contribution in [0.5, 0.6) is 11.5 Å². The van der Waals surface area contributed by atoms with Crippen LogP contribution in [-0.4, -0.2) is 48.7 Å². The van der Waals surface area contributed by atoms with Gasteiger partial charge in [-0.1, -0.05) is 0 Å². The quantitative estimate of drug-likeness (QED) is 0.340. The van der Waals surface area contributed by atoms with Crippen molar-refractivity contribution in [3.8, 4) is 11.5 Å². The molecule has 0 aliphatic heterocycles. The van der Waals surface area contributed by atoms with E-state index < -0.39 is 0 Å². The van der Waals surface area contributed by atoms with Crippen LogP contribution >= 0.6 is 0 Å². The van der Waals surface area contributed by atoms with E-state index in [4.69, 9.17) is 9.47 Å². The van der Waals surface area contributed by atoms with E-state index in [9.17, 15) is 0 Å². The summed E-state index contributed by atoms with van der Waals surface area (Å²) in [4.78, 5) is 22.2. The second kappa shape index (κ2) is 9.04. The van der Waals surface area contributed by atoms with Crippen molar-refractivity contribution in [2.75, 3.05) is 17.7 Å². The van der Waals surface area contributed by atoms with Gasteiger partial charge in [0.25, 0.3) is 0 Å². The van der Waals surface area contributed by atoms with Crippen molar-refractivity contribution in [3.63, 3.8) is 0 Å². The molecular formula is C26H26N8O2.